The number of amides is 1. The fourth-order valence-electron chi connectivity index (χ4n) is 0.618. The summed E-state index contributed by atoms with van der Waals surface area (Å²) in [5, 5.41) is 11.0. The summed E-state index contributed by atoms with van der Waals surface area (Å²) in [6, 6.07) is -0.942. The highest BCUT2D eigenvalue weighted by atomic mass is 16.5. The fraction of sp³-hybridized carbons (Fsp3) is 0.714. The third-order valence-corrected chi connectivity index (χ3v) is 1.32. The Morgan fingerprint density at radius 3 is 2.50 bits per heavy atom. The smallest absolute Gasteiger partial charge is 0.330 e. The van der Waals surface area contributed by atoms with Crippen LogP contribution in [0.2, 0.25) is 0 Å². The molecule has 0 aromatic carbocycles. The molecule has 0 radical (unpaired) electrons. The van der Waals surface area contributed by atoms with Gasteiger partial charge in [0.2, 0.25) is 5.91 Å². The minimum absolute atomic E-state index is 0.271. The molecule has 0 saturated heterocycles. The Balaban J connectivity index is 3.99. The van der Waals surface area contributed by atoms with Crippen molar-refractivity contribution in [3.63, 3.8) is 0 Å². The largest absolute Gasteiger partial charge is 0.467 e. The van der Waals surface area contributed by atoms with Gasteiger partial charge in [-0.2, -0.15) is 0 Å². The normalized spacial score (nSPS) is 11.9. The Hall–Kier alpha value is -1.10. The predicted molar refractivity (Wildman–Crippen MR) is 41.3 cm³/mol. The van der Waals surface area contributed by atoms with Crippen molar-refractivity contribution in [1.82, 2.24) is 5.32 Å². The summed E-state index contributed by atoms with van der Waals surface area (Å²) in [5.41, 5.74) is 0. The number of esters is 1. The van der Waals surface area contributed by atoms with Gasteiger partial charge >= 0.3 is 5.97 Å². The van der Waals surface area contributed by atoms with Crippen LogP contribution >= 0.6 is 0 Å². The van der Waals surface area contributed by atoms with Crippen LogP contribution in [-0.2, 0) is 14.3 Å². The lowest BCUT2D eigenvalue weighted by Crippen LogP contribution is -2.43. The lowest BCUT2D eigenvalue weighted by Gasteiger charge is -2.12. The monoisotopic (exact) mass is 175 g/mol. The zero-order valence-corrected chi connectivity index (χ0v) is 7.16. The van der Waals surface area contributed by atoms with Gasteiger partial charge in [0.05, 0.1) is 13.7 Å². The highest BCUT2D eigenvalue weighted by molar-refractivity contribution is 5.84. The van der Waals surface area contributed by atoms with Gasteiger partial charge in [-0.1, -0.05) is 6.92 Å². The van der Waals surface area contributed by atoms with Crippen molar-refractivity contribution in [3.8, 4) is 0 Å². The molecule has 1 atom stereocenters. The molecule has 12 heavy (non-hydrogen) atoms. The number of hydrogen-bond donors (Lipinski definition) is 2. The van der Waals surface area contributed by atoms with Crippen LogP contribution in [0.4, 0.5) is 0 Å². The Morgan fingerprint density at radius 1 is 1.58 bits per heavy atom. The average molecular weight is 175 g/mol. The van der Waals surface area contributed by atoms with E-state index in [9.17, 15) is 9.59 Å². The van der Waals surface area contributed by atoms with Gasteiger partial charge in [-0.15, -0.1) is 0 Å². The summed E-state index contributed by atoms with van der Waals surface area (Å²) in [4.78, 5) is 21.6. The van der Waals surface area contributed by atoms with Crippen molar-refractivity contribution in [1.29, 1.82) is 0 Å². The number of carbonyl (C=O) groups excluding carboxylic acids is 2. The van der Waals surface area contributed by atoms with E-state index < -0.39 is 18.6 Å². The van der Waals surface area contributed by atoms with Crippen LogP contribution in [-0.4, -0.2) is 36.7 Å². The zero-order valence-electron chi connectivity index (χ0n) is 7.16. The standard InChI is InChI=1S/C7H13NO4/c1-3-6(10)8-5(4-9)7(11)12-2/h5,9H,3-4H2,1-2H3,(H,8,10). The van der Waals surface area contributed by atoms with E-state index in [2.05, 4.69) is 10.1 Å². The van der Waals surface area contributed by atoms with E-state index in [-0.39, 0.29) is 12.3 Å². The average Bonchev–Trinajstić information content (AvgIpc) is 2.12. The lowest BCUT2D eigenvalue weighted by atomic mass is 10.3. The minimum atomic E-state index is -0.942. The lowest BCUT2D eigenvalue weighted by molar-refractivity contribution is -0.146. The highest BCUT2D eigenvalue weighted by Crippen LogP contribution is 1.87. The molecule has 0 aliphatic carbocycles. The molecule has 5 heteroatoms. The number of hydrogen-bond acceptors (Lipinski definition) is 4. The molecule has 0 heterocycles. The Kier molecular flexibility index (Phi) is 5.03. The second kappa shape index (κ2) is 5.54. The number of carbonyl (C=O) groups is 2. The SMILES string of the molecule is CCC(=O)NC(CO)C(=O)OC. The third-order valence-electron chi connectivity index (χ3n) is 1.32. The summed E-state index contributed by atoms with van der Waals surface area (Å²) in [6.45, 7) is 1.21. The first-order valence-electron chi connectivity index (χ1n) is 3.63. The van der Waals surface area contributed by atoms with E-state index in [1.54, 1.807) is 6.92 Å². The fourth-order valence-corrected chi connectivity index (χ4v) is 0.618. The second-order valence-electron chi connectivity index (χ2n) is 2.18. The number of aliphatic hydroxyl groups excluding tert-OH is 1. The van der Waals surface area contributed by atoms with Crippen LogP contribution in [0.3, 0.4) is 0 Å². The first-order valence-corrected chi connectivity index (χ1v) is 3.63. The molecule has 0 aromatic rings. The molecule has 0 spiro atoms. The van der Waals surface area contributed by atoms with Crippen LogP contribution < -0.4 is 5.32 Å². The van der Waals surface area contributed by atoms with Crippen molar-refractivity contribution >= 4 is 11.9 Å². The van der Waals surface area contributed by atoms with E-state index in [1.165, 1.54) is 7.11 Å². The Bertz CT molecular complexity index is 169. The summed E-state index contributed by atoms with van der Waals surface area (Å²) < 4.78 is 4.33. The molecule has 0 rings (SSSR count). The van der Waals surface area contributed by atoms with E-state index >= 15 is 0 Å². The van der Waals surface area contributed by atoms with Gasteiger partial charge in [-0.3, -0.25) is 4.79 Å². The second-order valence-corrected chi connectivity index (χ2v) is 2.18. The van der Waals surface area contributed by atoms with Crippen molar-refractivity contribution in [3.05, 3.63) is 0 Å². The molecule has 0 aromatic heterocycles. The summed E-state index contributed by atoms with van der Waals surface area (Å²) in [6.07, 6.45) is 0.271. The zero-order chi connectivity index (χ0) is 9.56. The van der Waals surface area contributed by atoms with Gasteiger partial charge in [-0.05, 0) is 0 Å². The minimum Gasteiger partial charge on any atom is -0.467 e. The maximum absolute atomic E-state index is 10.8. The van der Waals surface area contributed by atoms with E-state index in [0.717, 1.165) is 0 Å². The molecular formula is C7H13NO4. The number of ether oxygens (including phenoxy) is 1. The van der Waals surface area contributed by atoms with Crippen molar-refractivity contribution in [2.75, 3.05) is 13.7 Å². The molecule has 0 aliphatic heterocycles. The highest BCUT2D eigenvalue weighted by Gasteiger charge is 2.18. The number of aliphatic hydroxyl groups is 1. The van der Waals surface area contributed by atoms with Gasteiger partial charge in [-0.25, -0.2) is 4.79 Å². The van der Waals surface area contributed by atoms with Gasteiger partial charge in [0.15, 0.2) is 6.04 Å². The quantitative estimate of drug-likeness (QED) is 0.540. The topological polar surface area (TPSA) is 75.6 Å². The first kappa shape index (κ1) is 10.9. The van der Waals surface area contributed by atoms with Gasteiger partial charge in [0.25, 0.3) is 0 Å². The molecule has 0 bridgehead atoms. The van der Waals surface area contributed by atoms with Crippen LogP contribution in [0.1, 0.15) is 13.3 Å². The van der Waals surface area contributed by atoms with Gasteiger partial charge in [0, 0.05) is 6.42 Å². The van der Waals surface area contributed by atoms with Crippen molar-refractivity contribution < 1.29 is 19.4 Å². The van der Waals surface area contributed by atoms with E-state index in [0.29, 0.717) is 0 Å². The number of methoxy groups -OCH3 is 1. The molecule has 5 nitrogen and oxygen atoms in total. The van der Waals surface area contributed by atoms with Crippen LogP contribution in [0, 0.1) is 0 Å². The van der Waals surface area contributed by atoms with Crippen LogP contribution in [0.5, 0.6) is 0 Å². The third kappa shape index (κ3) is 3.34. The predicted octanol–water partition coefficient (Wildman–Crippen LogP) is -0.953. The molecule has 0 aliphatic rings. The summed E-state index contributed by atoms with van der Waals surface area (Å²) >= 11 is 0. The van der Waals surface area contributed by atoms with E-state index in [1.807, 2.05) is 0 Å². The van der Waals surface area contributed by atoms with Crippen LogP contribution in [0.25, 0.3) is 0 Å². The van der Waals surface area contributed by atoms with Crippen molar-refractivity contribution in [2.24, 2.45) is 0 Å². The maximum atomic E-state index is 10.8. The summed E-state index contributed by atoms with van der Waals surface area (Å²) in [7, 11) is 1.20. The maximum Gasteiger partial charge on any atom is 0.330 e. The molecule has 0 saturated carbocycles. The Morgan fingerprint density at radius 2 is 2.17 bits per heavy atom. The van der Waals surface area contributed by atoms with Crippen LogP contribution in [0.15, 0.2) is 0 Å². The molecule has 70 valence electrons. The van der Waals surface area contributed by atoms with Crippen molar-refractivity contribution in [2.45, 2.75) is 19.4 Å². The molecule has 1 amide bonds. The first-order chi connectivity index (χ1) is 5.65. The number of rotatable bonds is 4. The number of nitrogens with one attached hydrogen (secondary N) is 1. The Labute approximate surface area is 70.7 Å². The van der Waals surface area contributed by atoms with E-state index in [4.69, 9.17) is 5.11 Å². The molecule has 1 unspecified atom stereocenters. The summed E-state index contributed by atoms with van der Waals surface area (Å²) in [5.74, 6) is -0.932. The van der Waals surface area contributed by atoms with Gasteiger partial charge < -0.3 is 15.2 Å². The molecular weight excluding hydrogens is 162 g/mol. The van der Waals surface area contributed by atoms with Gasteiger partial charge in [0.1, 0.15) is 0 Å². The molecule has 0 fully saturated rings. The molecule has 2 N–H and O–H groups in total.